The van der Waals surface area contributed by atoms with Crippen LogP contribution >= 0.6 is 0 Å². The number of hydrogen-bond acceptors (Lipinski definition) is 3. The number of aliphatic hydroxyl groups is 1. The molecular weight excluding hydrogens is 212 g/mol. The monoisotopic (exact) mass is 236 g/mol. The van der Waals surface area contributed by atoms with Crippen molar-refractivity contribution in [2.75, 3.05) is 0 Å². The van der Waals surface area contributed by atoms with Crippen LogP contribution in [0.15, 0.2) is 18.6 Å². The molecule has 1 aromatic heterocycles. The zero-order valence-electron chi connectivity index (χ0n) is 11.3. The number of rotatable bonds is 6. The van der Waals surface area contributed by atoms with Gasteiger partial charge < -0.3 is 5.11 Å². The minimum Gasteiger partial charge on any atom is -0.383 e. The maximum absolute atomic E-state index is 10.8. The smallest absolute Gasteiger partial charge is 0.110 e. The van der Waals surface area contributed by atoms with Crippen molar-refractivity contribution in [1.82, 2.24) is 9.97 Å². The van der Waals surface area contributed by atoms with Gasteiger partial charge >= 0.3 is 0 Å². The Bertz CT molecular complexity index is 324. The Kier molecular flexibility index (Phi) is 5.06. The van der Waals surface area contributed by atoms with Crippen LogP contribution in [0.2, 0.25) is 0 Å². The molecule has 0 aliphatic heterocycles. The summed E-state index contributed by atoms with van der Waals surface area (Å²) in [6.45, 7) is 8.47. The molecule has 0 radical (unpaired) electrons. The fourth-order valence-corrected chi connectivity index (χ4v) is 2.01. The van der Waals surface area contributed by atoms with E-state index in [2.05, 4.69) is 23.8 Å². The van der Waals surface area contributed by atoms with Crippen molar-refractivity contribution in [2.24, 2.45) is 11.8 Å². The van der Waals surface area contributed by atoms with Crippen LogP contribution in [0.5, 0.6) is 0 Å². The summed E-state index contributed by atoms with van der Waals surface area (Å²) in [6, 6.07) is 0. The van der Waals surface area contributed by atoms with Crippen LogP contribution in [0.25, 0.3) is 0 Å². The molecule has 1 heterocycles. The summed E-state index contributed by atoms with van der Waals surface area (Å²) in [6.07, 6.45) is 7.86. The quantitative estimate of drug-likeness (QED) is 0.825. The highest BCUT2D eigenvalue weighted by molar-refractivity contribution is 5.09. The summed E-state index contributed by atoms with van der Waals surface area (Å²) in [5.41, 5.74) is -0.151. The molecule has 0 saturated heterocycles. The van der Waals surface area contributed by atoms with E-state index in [9.17, 15) is 5.11 Å². The lowest BCUT2D eigenvalue weighted by atomic mass is 9.82. The molecule has 96 valence electrons. The van der Waals surface area contributed by atoms with E-state index < -0.39 is 5.60 Å². The van der Waals surface area contributed by atoms with E-state index in [1.165, 1.54) is 0 Å². The van der Waals surface area contributed by atoms with Crippen LogP contribution in [-0.2, 0) is 5.60 Å². The maximum atomic E-state index is 10.8. The highest BCUT2D eigenvalue weighted by Gasteiger charge is 2.34. The van der Waals surface area contributed by atoms with Gasteiger partial charge in [-0.2, -0.15) is 0 Å². The summed E-state index contributed by atoms with van der Waals surface area (Å²) in [5, 5.41) is 10.8. The lowest BCUT2D eigenvalue weighted by molar-refractivity contribution is -0.0255. The predicted octanol–water partition coefficient (Wildman–Crippen LogP) is 3.15. The van der Waals surface area contributed by atoms with Gasteiger partial charge in [0.25, 0.3) is 0 Å². The highest BCUT2D eigenvalue weighted by atomic mass is 16.3. The Hall–Kier alpha value is -0.960. The molecule has 1 rings (SSSR count). The Morgan fingerprint density at radius 1 is 1.24 bits per heavy atom. The molecule has 0 fully saturated rings. The lowest BCUT2D eigenvalue weighted by Gasteiger charge is -2.31. The minimum atomic E-state index is -0.844. The van der Waals surface area contributed by atoms with E-state index in [0.717, 1.165) is 19.3 Å². The van der Waals surface area contributed by atoms with Crippen molar-refractivity contribution in [3.8, 4) is 0 Å². The minimum absolute atomic E-state index is 0.145. The van der Waals surface area contributed by atoms with Crippen LogP contribution < -0.4 is 0 Å². The first-order chi connectivity index (χ1) is 7.97. The molecule has 0 saturated carbocycles. The summed E-state index contributed by atoms with van der Waals surface area (Å²) < 4.78 is 0. The third-order valence-corrected chi connectivity index (χ3v) is 3.30. The van der Waals surface area contributed by atoms with Crippen molar-refractivity contribution < 1.29 is 5.11 Å². The van der Waals surface area contributed by atoms with Crippen LogP contribution in [-0.4, -0.2) is 15.1 Å². The highest BCUT2D eigenvalue weighted by Crippen LogP contribution is 2.33. The Morgan fingerprint density at radius 2 is 1.94 bits per heavy atom. The fourth-order valence-electron chi connectivity index (χ4n) is 2.01. The van der Waals surface area contributed by atoms with E-state index in [0.29, 0.717) is 11.6 Å². The second kappa shape index (κ2) is 6.10. The van der Waals surface area contributed by atoms with Crippen LogP contribution in [0, 0.1) is 11.8 Å². The number of hydrogen-bond donors (Lipinski definition) is 1. The normalized spacial score (nSPS) is 15.2. The molecule has 0 aliphatic rings. The summed E-state index contributed by atoms with van der Waals surface area (Å²) in [4.78, 5) is 8.31. The molecule has 1 N–H and O–H groups in total. The van der Waals surface area contributed by atoms with Gasteiger partial charge in [0.2, 0.25) is 0 Å². The Balaban J connectivity index is 2.76. The third-order valence-electron chi connectivity index (χ3n) is 3.30. The van der Waals surface area contributed by atoms with Crippen molar-refractivity contribution in [1.29, 1.82) is 0 Å². The first-order valence-corrected chi connectivity index (χ1v) is 6.45. The average Bonchev–Trinajstić information content (AvgIpc) is 2.29. The van der Waals surface area contributed by atoms with Gasteiger partial charge in [0.05, 0.1) is 11.9 Å². The largest absolute Gasteiger partial charge is 0.383 e. The average molecular weight is 236 g/mol. The van der Waals surface area contributed by atoms with Crippen LogP contribution in [0.4, 0.5) is 0 Å². The molecule has 0 aromatic carbocycles. The molecule has 0 bridgehead atoms. The molecule has 1 atom stereocenters. The van der Waals surface area contributed by atoms with E-state index >= 15 is 0 Å². The van der Waals surface area contributed by atoms with Gasteiger partial charge in [-0.1, -0.05) is 34.1 Å². The van der Waals surface area contributed by atoms with Crippen molar-refractivity contribution in [3.05, 3.63) is 24.3 Å². The predicted molar refractivity (Wildman–Crippen MR) is 69.5 cm³/mol. The molecule has 0 spiro atoms. The molecule has 3 nitrogen and oxygen atoms in total. The first-order valence-electron chi connectivity index (χ1n) is 6.45. The first kappa shape index (κ1) is 14.1. The van der Waals surface area contributed by atoms with Crippen molar-refractivity contribution in [2.45, 2.75) is 52.6 Å². The molecule has 1 aromatic rings. The lowest BCUT2D eigenvalue weighted by Crippen LogP contribution is -2.33. The summed E-state index contributed by atoms with van der Waals surface area (Å²) in [5.74, 6) is 0.819. The second-order valence-corrected chi connectivity index (χ2v) is 5.46. The molecule has 1 unspecified atom stereocenters. The number of aromatic nitrogens is 2. The molecule has 0 amide bonds. The van der Waals surface area contributed by atoms with Gasteiger partial charge in [-0.05, 0) is 24.7 Å². The zero-order valence-corrected chi connectivity index (χ0v) is 11.3. The van der Waals surface area contributed by atoms with E-state index in [1.807, 2.05) is 13.8 Å². The van der Waals surface area contributed by atoms with Crippen LogP contribution in [0.1, 0.15) is 52.7 Å². The summed E-state index contributed by atoms with van der Waals surface area (Å²) in [7, 11) is 0. The zero-order chi connectivity index (χ0) is 12.9. The van der Waals surface area contributed by atoms with Crippen molar-refractivity contribution >= 4 is 0 Å². The van der Waals surface area contributed by atoms with Gasteiger partial charge in [-0.25, -0.2) is 0 Å². The Morgan fingerprint density at radius 3 is 2.41 bits per heavy atom. The van der Waals surface area contributed by atoms with E-state index in [1.54, 1.807) is 18.6 Å². The van der Waals surface area contributed by atoms with Gasteiger partial charge in [-0.15, -0.1) is 0 Å². The van der Waals surface area contributed by atoms with Crippen molar-refractivity contribution in [3.63, 3.8) is 0 Å². The topological polar surface area (TPSA) is 46.0 Å². The van der Waals surface area contributed by atoms with Gasteiger partial charge in [0.1, 0.15) is 5.60 Å². The molecular formula is C14H24N2O. The molecule has 3 heteroatoms. The maximum Gasteiger partial charge on any atom is 0.110 e. The second-order valence-electron chi connectivity index (χ2n) is 5.46. The summed E-state index contributed by atoms with van der Waals surface area (Å²) >= 11 is 0. The molecule has 17 heavy (non-hydrogen) atoms. The number of nitrogens with zero attached hydrogens (tertiary/aromatic N) is 2. The standard InChI is InChI=1S/C14H24N2O/c1-11(2)6-5-7-14(17,12(3)4)13-10-15-8-9-16-13/h8-12,17H,5-7H2,1-4H3. The molecule has 0 aliphatic carbocycles. The SMILES string of the molecule is CC(C)CCCC(O)(c1cnccn1)C(C)C. The van der Waals surface area contributed by atoms with E-state index in [-0.39, 0.29) is 5.92 Å². The van der Waals surface area contributed by atoms with Gasteiger partial charge in [-0.3, -0.25) is 9.97 Å². The van der Waals surface area contributed by atoms with E-state index in [4.69, 9.17) is 0 Å². The van der Waals surface area contributed by atoms with Gasteiger partial charge in [0.15, 0.2) is 0 Å². The van der Waals surface area contributed by atoms with Gasteiger partial charge in [0, 0.05) is 12.4 Å². The Labute approximate surface area is 104 Å². The fraction of sp³-hybridized carbons (Fsp3) is 0.714. The van der Waals surface area contributed by atoms with Crippen LogP contribution in [0.3, 0.4) is 0 Å². The third kappa shape index (κ3) is 3.77.